The number of carbonyl (C=O) groups is 1. The standard InChI is InChI=1S/C11H15BrO4S/c1-2-16-11(15)9-4-3-8(17-9)10(14)7(13)5-6-12/h3-4,7,10,13-14H,2,5-6H2,1H3. The lowest BCUT2D eigenvalue weighted by Gasteiger charge is -2.14. The largest absolute Gasteiger partial charge is 0.462 e. The number of esters is 1. The molecule has 0 aliphatic heterocycles. The van der Waals surface area contributed by atoms with Crippen LogP contribution in [0.2, 0.25) is 0 Å². The maximum absolute atomic E-state index is 11.4. The minimum Gasteiger partial charge on any atom is -0.462 e. The number of thiophene rings is 1. The van der Waals surface area contributed by atoms with Crippen LogP contribution in [-0.2, 0) is 4.74 Å². The van der Waals surface area contributed by atoms with Gasteiger partial charge in [0.05, 0.1) is 12.7 Å². The third-order valence-electron chi connectivity index (χ3n) is 2.16. The molecule has 0 radical (unpaired) electrons. The predicted molar refractivity (Wildman–Crippen MR) is 69.7 cm³/mol. The smallest absolute Gasteiger partial charge is 0.348 e. The van der Waals surface area contributed by atoms with Crippen LogP contribution in [0.5, 0.6) is 0 Å². The molecule has 1 aromatic rings. The molecule has 0 spiro atoms. The van der Waals surface area contributed by atoms with Crippen molar-refractivity contribution < 1.29 is 19.7 Å². The number of rotatable bonds is 6. The van der Waals surface area contributed by atoms with E-state index >= 15 is 0 Å². The van der Waals surface area contributed by atoms with Crippen molar-refractivity contribution in [2.75, 3.05) is 11.9 Å². The Bertz CT molecular complexity index is 366. The fourth-order valence-electron chi connectivity index (χ4n) is 1.28. The second kappa shape index (κ2) is 7.10. The molecule has 6 heteroatoms. The molecule has 4 nitrogen and oxygen atoms in total. The topological polar surface area (TPSA) is 66.8 Å². The van der Waals surface area contributed by atoms with Crippen molar-refractivity contribution in [3.8, 4) is 0 Å². The highest BCUT2D eigenvalue weighted by atomic mass is 79.9. The number of hydrogen-bond donors (Lipinski definition) is 2. The van der Waals surface area contributed by atoms with Gasteiger partial charge in [-0.1, -0.05) is 15.9 Å². The molecule has 0 saturated carbocycles. The van der Waals surface area contributed by atoms with Crippen LogP contribution in [0.25, 0.3) is 0 Å². The molecule has 0 bridgehead atoms. The number of ether oxygens (including phenoxy) is 1. The quantitative estimate of drug-likeness (QED) is 0.621. The predicted octanol–water partition coefficient (Wildman–Crippen LogP) is 2.10. The Morgan fingerprint density at radius 3 is 2.82 bits per heavy atom. The summed E-state index contributed by atoms with van der Waals surface area (Å²) in [4.78, 5) is 12.4. The van der Waals surface area contributed by atoms with Gasteiger partial charge in [-0.15, -0.1) is 11.3 Å². The van der Waals surface area contributed by atoms with Crippen LogP contribution < -0.4 is 0 Å². The fraction of sp³-hybridized carbons (Fsp3) is 0.545. The lowest BCUT2D eigenvalue weighted by atomic mass is 10.1. The van der Waals surface area contributed by atoms with Gasteiger partial charge < -0.3 is 14.9 Å². The summed E-state index contributed by atoms with van der Waals surface area (Å²) in [5.41, 5.74) is 0. The van der Waals surface area contributed by atoms with Gasteiger partial charge in [-0.05, 0) is 25.5 Å². The molecule has 0 aliphatic rings. The molecule has 0 aliphatic carbocycles. The number of aliphatic hydroxyl groups excluding tert-OH is 2. The molecule has 2 N–H and O–H groups in total. The summed E-state index contributed by atoms with van der Waals surface area (Å²) in [5.74, 6) is -0.397. The van der Waals surface area contributed by atoms with Gasteiger partial charge in [0, 0.05) is 10.2 Å². The number of aliphatic hydroxyl groups is 2. The van der Waals surface area contributed by atoms with E-state index in [0.29, 0.717) is 28.1 Å². The Morgan fingerprint density at radius 1 is 1.53 bits per heavy atom. The molecule has 1 rings (SSSR count). The first-order chi connectivity index (χ1) is 8.10. The van der Waals surface area contributed by atoms with Crippen molar-refractivity contribution >= 4 is 33.2 Å². The Balaban J connectivity index is 2.70. The number of alkyl halides is 1. The lowest BCUT2D eigenvalue weighted by Crippen LogP contribution is -2.17. The first-order valence-electron chi connectivity index (χ1n) is 5.29. The SMILES string of the molecule is CCOC(=O)c1ccc(C(O)C(O)CCBr)s1. The Morgan fingerprint density at radius 2 is 2.24 bits per heavy atom. The van der Waals surface area contributed by atoms with Crippen LogP contribution in [0.3, 0.4) is 0 Å². The van der Waals surface area contributed by atoms with E-state index in [1.165, 1.54) is 0 Å². The molecular formula is C11H15BrO4S. The highest BCUT2D eigenvalue weighted by Crippen LogP contribution is 2.27. The highest BCUT2D eigenvalue weighted by Gasteiger charge is 2.21. The molecule has 1 aromatic heterocycles. The molecule has 0 fully saturated rings. The van der Waals surface area contributed by atoms with Crippen molar-refractivity contribution in [2.45, 2.75) is 25.6 Å². The van der Waals surface area contributed by atoms with Gasteiger partial charge in [0.1, 0.15) is 11.0 Å². The molecule has 0 aromatic carbocycles. The Hall–Kier alpha value is -0.430. The third kappa shape index (κ3) is 4.06. The minimum absolute atomic E-state index is 0.320. The zero-order valence-corrected chi connectivity index (χ0v) is 11.8. The van der Waals surface area contributed by atoms with Crippen molar-refractivity contribution in [2.24, 2.45) is 0 Å². The lowest BCUT2D eigenvalue weighted by molar-refractivity contribution is 0.0195. The van der Waals surface area contributed by atoms with Gasteiger partial charge in [0.15, 0.2) is 0 Å². The first-order valence-corrected chi connectivity index (χ1v) is 7.22. The maximum Gasteiger partial charge on any atom is 0.348 e. The molecule has 0 saturated heterocycles. The number of halogens is 1. The van der Waals surface area contributed by atoms with Crippen molar-refractivity contribution in [3.63, 3.8) is 0 Å². The second-order valence-electron chi connectivity index (χ2n) is 3.41. The maximum atomic E-state index is 11.4. The van der Waals surface area contributed by atoms with Crippen LogP contribution >= 0.6 is 27.3 Å². The van der Waals surface area contributed by atoms with E-state index in [0.717, 1.165) is 11.3 Å². The molecule has 0 amide bonds. The summed E-state index contributed by atoms with van der Waals surface area (Å²) in [7, 11) is 0. The first kappa shape index (κ1) is 14.6. The van der Waals surface area contributed by atoms with Gasteiger partial charge in [0.25, 0.3) is 0 Å². The van der Waals surface area contributed by atoms with Crippen LogP contribution in [0.4, 0.5) is 0 Å². The summed E-state index contributed by atoms with van der Waals surface area (Å²) in [6.45, 7) is 2.06. The van der Waals surface area contributed by atoms with Crippen LogP contribution in [0, 0.1) is 0 Å². The van der Waals surface area contributed by atoms with Crippen molar-refractivity contribution in [1.82, 2.24) is 0 Å². The van der Waals surface area contributed by atoms with Crippen LogP contribution in [0.15, 0.2) is 12.1 Å². The molecule has 96 valence electrons. The molecule has 17 heavy (non-hydrogen) atoms. The van der Waals surface area contributed by atoms with Gasteiger partial charge in [0.2, 0.25) is 0 Å². The monoisotopic (exact) mass is 322 g/mol. The minimum atomic E-state index is -0.958. The summed E-state index contributed by atoms with van der Waals surface area (Å²) in [6.07, 6.45) is -1.34. The normalized spacial score (nSPS) is 14.4. The number of carbonyl (C=O) groups excluding carboxylic acids is 1. The number of hydrogen-bond acceptors (Lipinski definition) is 5. The van der Waals surface area contributed by atoms with Crippen molar-refractivity contribution in [1.29, 1.82) is 0 Å². The van der Waals surface area contributed by atoms with E-state index in [9.17, 15) is 15.0 Å². The third-order valence-corrected chi connectivity index (χ3v) is 3.76. The summed E-state index contributed by atoms with van der Waals surface area (Å²) in [5, 5.41) is 20.1. The van der Waals surface area contributed by atoms with E-state index in [1.807, 2.05) is 0 Å². The van der Waals surface area contributed by atoms with Gasteiger partial charge in [-0.3, -0.25) is 0 Å². The van der Waals surface area contributed by atoms with E-state index < -0.39 is 18.2 Å². The van der Waals surface area contributed by atoms with E-state index in [2.05, 4.69) is 15.9 Å². The summed E-state index contributed by atoms with van der Waals surface area (Å²) < 4.78 is 4.85. The van der Waals surface area contributed by atoms with E-state index in [-0.39, 0.29) is 0 Å². The Labute approximate surface area is 112 Å². The second-order valence-corrected chi connectivity index (χ2v) is 5.32. The van der Waals surface area contributed by atoms with Crippen molar-refractivity contribution in [3.05, 3.63) is 21.9 Å². The van der Waals surface area contributed by atoms with E-state index in [4.69, 9.17) is 4.74 Å². The summed E-state index contributed by atoms with van der Waals surface area (Å²) >= 11 is 4.34. The zero-order chi connectivity index (χ0) is 12.8. The van der Waals surface area contributed by atoms with Gasteiger partial charge in [-0.25, -0.2) is 4.79 Å². The van der Waals surface area contributed by atoms with Gasteiger partial charge in [-0.2, -0.15) is 0 Å². The fourth-order valence-corrected chi connectivity index (χ4v) is 2.70. The molecule has 1 heterocycles. The highest BCUT2D eigenvalue weighted by molar-refractivity contribution is 9.09. The molecular weight excluding hydrogens is 308 g/mol. The summed E-state index contributed by atoms with van der Waals surface area (Å²) in [6, 6.07) is 3.24. The molecule has 2 unspecified atom stereocenters. The van der Waals surface area contributed by atoms with Gasteiger partial charge >= 0.3 is 5.97 Å². The Kier molecular flexibility index (Phi) is 6.11. The van der Waals surface area contributed by atoms with E-state index in [1.54, 1.807) is 19.1 Å². The van der Waals surface area contributed by atoms with Crippen LogP contribution in [-0.4, -0.2) is 34.2 Å². The van der Waals surface area contributed by atoms with Crippen LogP contribution in [0.1, 0.15) is 34.0 Å². The average Bonchev–Trinajstić information content (AvgIpc) is 2.78. The zero-order valence-electron chi connectivity index (χ0n) is 9.43. The average molecular weight is 323 g/mol. The molecule has 2 atom stereocenters.